The Labute approximate surface area is 105 Å². The molecule has 0 heterocycles. The number of aromatic hydroxyl groups is 1. The van der Waals surface area contributed by atoms with Crippen LogP contribution in [0.5, 0.6) is 5.75 Å². The van der Waals surface area contributed by atoms with Gasteiger partial charge in [0.15, 0.2) is 5.78 Å². The molecular weight excluding hydrogens is 228 g/mol. The van der Waals surface area contributed by atoms with Crippen LogP contribution in [-0.2, 0) is 6.61 Å². The van der Waals surface area contributed by atoms with Crippen LogP contribution < -0.4 is 0 Å². The third-order valence-electron chi connectivity index (χ3n) is 2.80. The first-order chi connectivity index (χ1) is 8.61. The van der Waals surface area contributed by atoms with Crippen molar-refractivity contribution in [2.24, 2.45) is 0 Å². The van der Waals surface area contributed by atoms with Crippen molar-refractivity contribution >= 4 is 5.78 Å². The minimum atomic E-state index is -0.225. The van der Waals surface area contributed by atoms with Crippen molar-refractivity contribution in [2.75, 3.05) is 0 Å². The Balaban J connectivity index is 2.35. The first-order valence-electron chi connectivity index (χ1n) is 5.66. The van der Waals surface area contributed by atoms with Gasteiger partial charge in [-0.25, -0.2) is 0 Å². The second-order valence-corrected chi connectivity index (χ2v) is 4.20. The van der Waals surface area contributed by atoms with E-state index in [1.165, 1.54) is 0 Å². The van der Waals surface area contributed by atoms with E-state index in [-0.39, 0.29) is 23.7 Å². The van der Waals surface area contributed by atoms with Gasteiger partial charge in [0.05, 0.1) is 12.2 Å². The quantitative estimate of drug-likeness (QED) is 0.813. The summed E-state index contributed by atoms with van der Waals surface area (Å²) in [4.78, 5) is 12.2. The fourth-order valence-electron chi connectivity index (χ4n) is 1.75. The molecule has 18 heavy (non-hydrogen) atoms. The number of hydrogen-bond acceptors (Lipinski definition) is 3. The maximum Gasteiger partial charge on any atom is 0.196 e. The lowest BCUT2D eigenvalue weighted by molar-refractivity contribution is 0.103. The summed E-state index contributed by atoms with van der Waals surface area (Å²) in [5.41, 5.74) is 2.43. The molecular formula is C15H14O3. The molecule has 0 amide bonds. The van der Waals surface area contributed by atoms with Crippen LogP contribution in [-0.4, -0.2) is 16.0 Å². The van der Waals surface area contributed by atoms with E-state index in [1.54, 1.807) is 42.5 Å². The van der Waals surface area contributed by atoms with E-state index in [1.807, 2.05) is 6.92 Å². The van der Waals surface area contributed by atoms with E-state index in [9.17, 15) is 9.90 Å². The topological polar surface area (TPSA) is 57.5 Å². The fraction of sp³-hybridized carbons (Fsp3) is 0.133. The molecule has 3 nitrogen and oxygen atoms in total. The Morgan fingerprint density at radius 2 is 1.78 bits per heavy atom. The number of rotatable bonds is 3. The number of phenolic OH excluding ortho intramolecular Hbond substituents is 1. The molecule has 3 heteroatoms. The predicted octanol–water partition coefficient (Wildman–Crippen LogP) is 2.42. The highest BCUT2D eigenvalue weighted by molar-refractivity contribution is 6.10. The van der Waals surface area contributed by atoms with E-state index in [4.69, 9.17) is 5.11 Å². The van der Waals surface area contributed by atoms with Crippen molar-refractivity contribution in [3.63, 3.8) is 0 Å². The highest BCUT2D eigenvalue weighted by Gasteiger charge is 2.13. The van der Waals surface area contributed by atoms with Crippen LogP contribution in [0.3, 0.4) is 0 Å². The lowest BCUT2D eigenvalue weighted by Gasteiger charge is -2.05. The molecule has 0 spiro atoms. The summed E-state index contributed by atoms with van der Waals surface area (Å²) < 4.78 is 0. The summed E-state index contributed by atoms with van der Waals surface area (Å²) in [6.07, 6.45) is 0. The van der Waals surface area contributed by atoms with Gasteiger partial charge in [-0.1, -0.05) is 30.3 Å². The molecule has 0 aliphatic heterocycles. The van der Waals surface area contributed by atoms with Crippen LogP contribution in [0.25, 0.3) is 0 Å². The number of aliphatic hydroxyl groups is 1. The van der Waals surface area contributed by atoms with Crippen molar-refractivity contribution in [3.05, 3.63) is 64.7 Å². The zero-order chi connectivity index (χ0) is 13.1. The molecule has 0 atom stereocenters. The van der Waals surface area contributed by atoms with Crippen molar-refractivity contribution in [1.29, 1.82) is 0 Å². The Kier molecular flexibility index (Phi) is 3.44. The molecule has 0 aliphatic carbocycles. The molecule has 0 aliphatic rings. The van der Waals surface area contributed by atoms with Gasteiger partial charge in [0.1, 0.15) is 5.75 Å². The molecule has 92 valence electrons. The Hall–Kier alpha value is -2.13. The van der Waals surface area contributed by atoms with Gasteiger partial charge in [-0.15, -0.1) is 0 Å². The summed E-state index contributed by atoms with van der Waals surface area (Å²) in [7, 11) is 0. The number of hydrogen-bond donors (Lipinski definition) is 2. The average Bonchev–Trinajstić information content (AvgIpc) is 2.38. The van der Waals surface area contributed by atoms with Crippen LogP contribution in [0.15, 0.2) is 42.5 Å². The molecule has 0 bridgehead atoms. The summed E-state index contributed by atoms with van der Waals surface area (Å²) in [5.74, 6) is -0.233. The molecule has 2 rings (SSSR count). The fourth-order valence-corrected chi connectivity index (χ4v) is 1.75. The lowest BCUT2D eigenvalue weighted by atomic mass is 10.0. The van der Waals surface area contributed by atoms with Gasteiger partial charge >= 0.3 is 0 Å². The van der Waals surface area contributed by atoms with Gasteiger partial charge in [0.2, 0.25) is 0 Å². The summed E-state index contributed by atoms with van der Waals surface area (Å²) in [6, 6.07) is 11.6. The van der Waals surface area contributed by atoms with Crippen molar-refractivity contribution in [2.45, 2.75) is 13.5 Å². The number of benzene rings is 2. The van der Waals surface area contributed by atoms with Crippen molar-refractivity contribution in [1.82, 2.24) is 0 Å². The van der Waals surface area contributed by atoms with Crippen LogP contribution in [0, 0.1) is 6.92 Å². The molecule has 2 aromatic rings. The van der Waals surface area contributed by atoms with E-state index < -0.39 is 0 Å². The largest absolute Gasteiger partial charge is 0.507 e. The Morgan fingerprint density at radius 3 is 2.33 bits per heavy atom. The summed E-state index contributed by atoms with van der Waals surface area (Å²) in [6.45, 7) is 1.80. The zero-order valence-electron chi connectivity index (χ0n) is 10.1. The summed E-state index contributed by atoms with van der Waals surface area (Å²) >= 11 is 0. The first kappa shape index (κ1) is 12.3. The number of phenols is 1. The number of ketones is 1. The van der Waals surface area contributed by atoms with Gasteiger partial charge in [-0.2, -0.15) is 0 Å². The molecule has 0 unspecified atom stereocenters. The molecule has 0 saturated heterocycles. The third-order valence-corrected chi connectivity index (χ3v) is 2.80. The maximum atomic E-state index is 12.2. The zero-order valence-corrected chi connectivity index (χ0v) is 10.1. The monoisotopic (exact) mass is 242 g/mol. The normalized spacial score (nSPS) is 10.3. The molecule has 0 saturated carbocycles. The molecule has 0 radical (unpaired) electrons. The summed E-state index contributed by atoms with van der Waals surface area (Å²) in [5, 5.41) is 18.7. The van der Waals surface area contributed by atoms with E-state index >= 15 is 0 Å². The van der Waals surface area contributed by atoms with Gasteiger partial charge < -0.3 is 10.2 Å². The maximum absolute atomic E-state index is 12.2. The first-order valence-corrected chi connectivity index (χ1v) is 5.66. The van der Waals surface area contributed by atoms with Gasteiger partial charge in [-0.3, -0.25) is 4.79 Å². The standard InChI is InChI=1S/C15H14O3/c1-10-2-7-13(14(17)8-10)15(18)12-5-3-11(9-16)4-6-12/h2-8,16-17H,9H2,1H3. The SMILES string of the molecule is Cc1ccc(C(=O)c2ccc(CO)cc2)c(O)c1. The van der Waals surface area contributed by atoms with E-state index in [2.05, 4.69) is 0 Å². The van der Waals surface area contributed by atoms with Crippen molar-refractivity contribution in [3.8, 4) is 5.75 Å². The Morgan fingerprint density at radius 1 is 1.11 bits per heavy atom. The predicted molar refractivity (Wildman–Crippen MR) is 68.6 cm³/mol. The Bertz CT molecular complexity index is 571. The van der Waals surface area contributed by atoms with Gasteiger partial charge in [0.25, 0.3) is 0 Å². The van der Waals surface area contributed by atoms with Crippen LogP contribution in [0.1, 0.15) is 27.0 Å². The van der Waals surface area contributed by atoms with Gasteiger partial charge in [-0.05, 0) is 30.2 Å². The highest BCUT2D eigenvalue weighted by Crippen LogP contribution is 2.22. The molecule has 0 aromatic heterocycles. The molecule has 2 N–H and O–H groups in total. The second kappa shape index (κ2) is 5.02. The number of aliphatic hydroxyl groups excluding tert-OH is 1. The number of carbonyl (C=O) groups excluding carboxylic acids is 1. The second-order valence-electron chi connectivity index (χ2n) is 4.20. The minimum Gasteiger partial charge on any atom is -0.507 e. The van der Waals surface area contributed by atoms with Gasteiger partial charge in [0, 0.05) is 5.56 Å². The average molecular weight is 242 g/mol. The van der Waals surface area contributed by atoms with Crippen LogP contribution >= 0.6 is 0 Å². The van der Waals surface area contributed by atoms with Crippen LogP contribution in [0.4, 0.5) is 0 Å². The minimum absolute atomic E-state index is 0.00812. The molecule has 2 aromatic carbocycles. The molecule has 0 fully saturated rings. The smallest absolute Gasteiger partial charge is 0.196 e. The van der Waals surface area contributed by atoms with E-state index in [0.717, 1.165) is 11.1 Å². The third kappa shape index (κ3) is 2.41. The number of carbonyl (C=O) groups is 1. The number of aryl methyl sites for hydroxylation is 1. The van der Waals surface area contributed by atoms with Crippen molar-refractivity contribution < 1.29 is 15.0 Å². The van der Waals surface area contributed by atoms with E-state index in [0.29, 0.717) is 5.56 Å². The lowest BCUT2D eigenvalue weighted by Crippen LogP contribution is -2.02. The highest BCUT2D eigenvalue weighted by atomic mass is 16.3. The van der Waals surface area contributed by atoms with Crippen LogP contribution in [0.2, 0.25) is 0 Å².